The summed E-state index contributed by atoms with van der Waals surface area (Å²) in [6.07, 6.45) is 1.60. The lowest BCUT2D eigenvalue weighted by atomic mass is 10.2. The number of nitrogens with zero attached hydrogens (tertiary/aromatic N) is 2. The normalized spacial score (nSPS) is 11.0. The third-order valence-corrected chi connectivity index (χ3v) is 4.58. The van der Waals surface area contributed by atoms with E-state index in [2.05, 4.69) is 10.4 Å². The van der Waals surface area contributed by atoms with E-state index in [0.717, 1.165) is 17.0 Å². The Bertz CT molecular complexity index is 1070. The van der Waals surface area contributed by atoms with E-state index in [4.69, 9.17) is 16.7 Å². The molecule has 0 fully saturated rings. The van der Waals surface area contributed by atoms with Crippen LogP contribution in [-0.2, 0) is 0 Å². The number of hydrogen-bond donors (Lipinski definition) is 2. The summed E-state index contributed by atoms with van der Waals surface area (Å²) in [6, 6.07) is 15.1. The van der Waals surface area contributed by atoms with Crippen molar-refractivity contribution in [2.24, 2.45) is 4.99 Å². The molecule has 0 aliphatic heterocycles. The number of rotatable bonds is 5. The first-order valence-corrected chi connectivity index (χ1v) is 8.87. The first-order valence-electron chi connectivity index (χ1n) is 8.49. The zero-order chi connectivity index (χ0) is 20.3. The summed E-state index contributed by atoms with van der Waals surface area (Å²) in [5, 5.41) is 9.46. The minimum Gasteiger partial charge on any atom is -0.478 e. The van der Waals surface area contributed by atoms with Gasteiger partial charge in [0.2, 0.25) is 0 Å². The fourth-order valence-corrected chi connectivity index (χ4v) is 2.90. The molecule has 0 aliphatic carbocycles. The van der Waals surface area contributed by atoms with Crippen LogP contribution in [0.1, 0.15) is 37.7 Å². The first kappa shape index (κ1) is 19.4. The van der Waals surface area contributed by atoms with E-state index in [9.17, 15) is 9.59 Å². The van der Waals surface area contributed by atoms with Crippen LogP contribution >= 0.6 is 11.6 Å². The van der Waals surface area contributed by atoms with Crippen molar-refractivity contribution in [1.29, 1.82) is 0 Å². The minimum atomic E-state index is -1.05. The number of halogens is 1. The lowest BCUT2D eigenvalue weighted by molar-refractivity contribution is 0.0696. The number of amides is 1. The topological polar surface area (TPSA) is 83.7 Å². The molecule has 28 heavy (non-hydrogen) atoms. The molecule has 3 aromatic rings. The Kier molecular flexibility index (Phi) is 5.61. The van der Waals surface area contributed by atoms with Crippen molar-refractivity contribution in [1.82, 2.24) is 4.68 Å². The number of hydrogen-bond acceptors (Lipinski definition) is 3. The van der Waals surface area contributed by atoms with Crippen LogP contribution in [0, 0.1) is 13.8 Å². The Morgan fingerprint density at radius 2 is 1.79 bits per heavy atom. The van der Waals surface area contributed by atoms with Crippen LogP contribution in [0.5, 0.6) is 0 Å². The fourth-order valence-electron chi connectivity index (χ4n) is 2.73. The van der Waals surface area contributed by atoms with Crippen LogP contribution in [0.3, 0.4) is 0 Å². The van der Waals surface area contributed by atoms with Crippen molar-refractivity contribution >= 4 is 35.4 Å². The van der Waals surface area contributed by atoms with Gasteiger partial charge in [0.05, 0.1) is 16.3 Å². The van der Waals surface area contributed by atoms with Gasteiger partial charge in [0.15, 0.2) is 0 Å². The van der Waals surface area contributed by atoms with E-state index >= 15 is 0 Å². The van der Waals surface area contributed by atoms with Gasteiger partial charge in [0.1, 0.15) is 0 Å². The van der Waals surface area contributed by atoms with Crippen molar-refractivity contribution in [2.75, 3.05) is 5.43 Å². The molecule has 0 bridgehead atoms. The van der Waals surface area contributed by atoms with Gasteiger partial charge in [-0.25, -0.2) is 4.79 Å². The van der Waals surface area contributed by atoms with Crippen LogP contribution < -0.4 is 5.43 Å². The van der Waals surface area contributed by atoms with Gasteiger partial charge >= 0.3 is 5.97 Å². The lowest BCUT2D eigenvalue weighted by Crippen LogP contribution is -2.24. The number of carboxylic acid groups (broad SMARTS) is 1. The molecular weight excluding hydrogens is 378 g/mol. The number of aryl methyl sites for hydroxylation is 1. The highest BCUT2D eigenvalue weighted by Crippen LogP contribution is 2.26. The van der Waals surface area contributed by atoms with Gasteiger partial charge in [-0.15, -0.1) is 0 Å². The Labute approximate surface area is 167 Å². The third-order valence-electron chi connectivity index (χ3n) is 4.26. The van der Waals surface area contributed by atoms with Gasteiger partial charge in [-0.3, -0.25) is 19.9 Å². The van der Waals surface area contributed by atoms with Crippen molar-refractivity contribution in [2.45, 2.75) is 13.8 Å². The zero-order valence-corrected chi connectivity index (χ0v) is 16.1. The van der Waals surface area contributed by atoms with E-state index < -0.39 is 5.97 Å². The number of aliphatic imine (C=N–C) groups is 1. The molecule has 2 N–H and O–H groups in total. The van der Waals surface area contributed by atoms with Crippen molar-refractivity contribution < 1.29 is 14.7 Å². The molecule has 0 radical (unpaired) electrons. The van der Waals surface area contributed by atoms with E-state index in [-0.39, 0.29) is 11.5 Å². The Hall–Kier alpha value is -3.38. The Morgan fingerprint density at radius 3 is 2.46 bits per heavy atom. The molecule has 1 amide bonds. The third kappa shape index (κ3) is 4.13. The largest absolute Gasteiger partial charge is 0.478 e. The average molecular weight is 396 g/mol. The predicted octanol–water partition coefficient (Wildman–Crippen LogP) is 4.59. The van der Waals surface area contributed by atoms with Crippen LogP contribution in [0.2, 0.25) is 5.02 Å². The summed E-state index contributed by atoms with van der Waals surface area (Å²) in [7, 11) is 0. The molecular formula is C21H18ClN3O3. The molecule has 0 spiro atoms. The molecule has 0 saturated carbocycles. The highest BCUT2D eigenvalue weighted by molar-refractivity contribution is 6.33. The van der Waals surface area contributed by atoms with Crippen molar-refractivity contribution in [3.63, 3.8) is 0 Å². The second kappa shape index (κ2) is 8.10. The maximum atomic E-state index is 12.4. The highest BCUT2D eigenvalue weighted by atomic mass is 35.5. The molecule has 6 nitrogen and oxygen atoms in total. The SMILES string of the molecule is Cc1cc(C=Nc2cc(C(=O)O)ccc2Cl)c(C)n1NC(=O)c1ccccc1. The average Bonchev–Trinajstić information content (AvgIpc) is 2.95. The second-order valence-electron chi connectivity index (χ2n) is 6.20. The zero-order valence-electron chi connectivity index (χ0n) is 15.3. The molecule has 3 rings (SSSR count). The molecule has 1 heterocycles. The summed E-state index contributed by atoms with van der Waals surface area (Å²) in [4.78, 5) is 27.9. The van der Waals surface area contributed by atoms with E-state index in [1.807, 2.05) is 26.0 Å². The highest BCUT2D eigenvalue weighted by Gasteiger charge is 2.12. The number of carbonyl (C=O) groups is 2. The summed E-state index contributed by atoms with van der Waals surface area (Å²) >= 11 is 6.11. The van der Waals surface area contributed by atoms with Gasteiger partial charge in [-0.2, -0.15) is 0 Å². The first-order chi connectivity index (χ1) is 13.4. The standard InChI is InChI=1S/C21H18ClN3O3/c1-13-10-17(12-23-19-11-16(21(27)28)8-9-18(19)22)14(2)25(13)24-20(26)15-6-4-3-5-7-15/h3-12H,1-2H3,(H,24,26)(H,27,28). The molecule has 1 aromatic heterocycles. The minimum absolute atomic E-state index is 0.108. The van der Waals surface area contributed by atoms with Gasteiger partial charge in [-0.1, -0.05) is 29.8 Å². The Balaban J connectivity index is 1.86. The van der Waals surface area contributed by atoms with Crippen molar-refractivity contribution in [3.8, 4) is 0 Å². The number of carbonyl (C=O) groups excluding carboxylic acids is 1. The van der Waals surface area contributed by atoms with Crippen LogP contribution in [0.4, 0.5) is 5.69 Å². The molecule has 0 unspecified atom stereocenters. The van der Waals surface area contributed by atoms with Gasteiger partial charge in [-0.05, 0) is 50.2 Å². The summed E-state index contributed by atoms with van der Waals surface area (Å²) < 4.78 is 1.69. The molecule has 0 aliphatic rings. The number of aromatic carboxylic acids is 1. The van der Waals surface area contributed by atoms with Crippen molar-refractivity contribution in [3.05, 3.63) is 87.7 Å². The summed E-state index contributed by atoms with van der Waals surface area (Å²) in [6.45, 7) is 3.72. The van der Waals surface area contributed by atoms with Gasteiger partial charge in [0.25, 0.3) is 5.91 Å². The van der Waals surface area contributed by atoms with E-state index in [1.54, 1.807) is 35.2 Å². The van der Waals surface area contributed by atoms with Crippen LogP contribution in [0.15, 0.2) is 59.6 Å². The number of nitrogens with one attached hydrogen (secondary N) is 1. The smallest absolute Gasteiger partial charge is 0.335 e. The number of benzene rings is 2. The maximum Gasteiger partial charge on any atom is 0.335 e. The van der Waals surface area contributed by atoms with Gasteiger partial charge < -0.3 is 5.11 Å². The lowest BCUT2D eigenvalue weighted by Gasteiger charge is -2.11. The second-order valence-corrected chi connectivity index (χ2v) is 6.61. The quantitative estimate of drug-likeness (QED) is 0.619. The van der Waals surface area contributed by atoms with Crippen LogP contribution in [0.25, 0.3) is 0 Å². The number of carboxylic acids is 1. The number of aromatic nitrogens is 1. The molecule has 2 aromatic carbocycles. The van der Waals surface area contributed by atoms with Gasteiger partial charge in [0, 0.05) is 28.7 Å². The summed E-state index contributed by atoms with van der Waals surface area (Å²) in [5.41, 5.74) is 6.28. The predicted molar refractivity (Wildman–Crippen MR) is 110 cm³/mol. The van der Waals surface area contributed by atoms with E-state index in [1.165, 1.54) is 18.2 Å². The molecule has 0 saturated heterocycles. The molecule has 0 atom stereocenters. The molecule has 7 heteroatoms. The summed E-state index contributed by atoms with van der Waals surface area (Å²) in [5.74, 6) is -1.27. The fraction of sp³-hybridized carbons (Fsp3) is 0.0952. The van der Waals surface area contributed by atoms with Crippen LogP contribution in [-0.4, -0.2) is 27.9 Å². The van der Waals surface area contributed by atoms with E-state index in [0.29, 0.717) is 16.3 Å². The maximum absolute atomic E-state index is 12.4. The Morgan fingerprint density at radius 1 is 1.07 bits per heavy atom. The monoisotopic (exact) mass is 395 g/mol. The molecule has 142 valence electrons.